The van der Waals surface area contributed by atoms with Crippen LogP contribution in [0, 0.1) is 0 Å². The van der Waals surface area contributed by atoms with Gasteiger partial charge in [-0.15, -0.1) is 0 Å². The summed E-state index contributed by atoms with van der Waals surface area (Å²) in [5.74, 6) is -15.6. The van der Waals surface area contributed by atoms with Gasteiger partial charge in [0.05, 0.1) is 18.5 Å². The highest BCUT2D eigenvalue weighted by Gasteiger charge is 2.55. The van der Waals surface area contributed by atoms with Crippen molar-refractivity contribution in [1.29, 1.82) is 0 Å². The Hall–Kier alpha value is -3.54. The Bertz CT molecular complexity index is 941. The molecular formula is C15H6F12N2O5. The van der Waals surface area contributed by atoms with Crippen LogP contribution in [0.15, 0.2) is 18.2 Å². The van der Waals surface area contributed by atoms with Gasteiger partial charge in [0.25, 0.3) is 0 Å². The summed E-state index contributed by atoms with van der Waals surface area (Å²) in [6, 6.07) is -0.353. The number of amides is 4. The van der Waals surface area contributed by atoms with Gasteiger partial charge in [0, 0.05) is 0 Å². The lowest BCUT2D eigenvalue weighted by Crippen LogP contribution is -2.51. The quantitative estimate of drug-likeness (QED) is 0.567. The summed E-state index contributed by atoms with van der Waals surface area (Å²) in [4.78, 5) is 42.5. The number of rotatable bonds is 3. The third kappa shape index (κ3) is 6.07. The zero-order valence-corrected chi connectivity index (χ0v) is 15.7. The van der Waals surface area contributed by atoms with Crippen LogP contribution in [0.25, 0.3) is 0 Å². The molecule has 1 rings (SSSR count). The summed E-state index contributed by atoms with van der Waals surface area (Å²) in [5, 5.41) is 0. The van der Waals surface area contributed by atoms with E-state index in [1.54, 1.807) is 0 Å². The number of benzene rings is 1. The van der Waals surface area contributed by atoms with Crippen molar-refractivity contribution in [3.05, 3.63) is 18.2 Å². The molecule has 19 heteroatoms. The van der Waals surface area contributed by atoms with Crippen LogP contribution in [0.2, 0.25) is 0 Å². The maximum absolute atomic E-state index is 12.8. The van der Waals surface area contributed by atoms with E-state index in [9.17, 15) is 71.9 Å². The number of anilines is 2. The van der Waals surface area contributed by atoms with Crippen LogP contribution in [-0.4, -0.2) is 55.4 Å². The number of hydrogen-bond donors (Lipinski definition) is 0. The molecule has 34 heavy (non-hydrogen) atoms. The lowest BCUT2D eigenvalue weighted by molar-refractivity contribution is -0.182. The summed E-state index contributed by atoms with van der Waals surface area (Å²) >= 11 is 0. The highest BCUT2D eigenvalue weighted by Crippen LogP contribution is 2.39. The van der Waals surface area contributed by atoms with E-state index < -0.39 is 81.3 Å². The first-order valence-electron chi connectivity index (χ1n) is 7.78. The second-order valence-electron chi connectivity index (χ2n) is 5.74. The Kier molecular flexibility index (Phi) is 7.55. The van der Waals surface area contributed by atoms with E-state index in [-0.39, 0.29) is 12.1 Å². The van der Waals surface area contributed by atoms with Crippen molar-refractivity contribution in [1.82, 2.24) is 0 Å². The number of alkyl halides is 12. The monoisotopic (exact) mass is 522 g/mol. The van der Waals surface area contributed by atoms with Gasteiger partial charge >= 0.3 is 48.3 Å². The minimum absolute atomic E-state index is 0.0317. The van der Waals surface area contributed by atoms with E-state index in [1.807, 2.05) is 0 Å². The van der Waals surface area contributed by atoms with Gasteiger partial charge in [-0.1, -0.05) is 0 Å². The van der Waals surface area contributed by atoms with E-state index in [4.69, 9.17) is 0 Å². The number of carbonyl (C=O) groups excluding carboxylic acids is 4. The van der Waals surface area contributed by atoms with Gasteiger partial charge in [-0.2, -0.15) is 52.7 Å². The number of nitrogens with zero attached hydrogens (tertiary/aromatic N) is 2. The van der Waals surface area contributed by atoms with Gasteiger partial charge in [-0.05, 0) is 18.2 Å². The summed E-state index contributed by atoms with van der Waals surface area (Å²) in [6.45, 7) is 0. The van der Waals surface area contributed by atoms with Gasteiger partial charge in [-0.3, -0.25) is 19.2 Å². The predicted molar refractivity (Wildman–Crippen MR) is 82.2 cm³/mol. The fourth-order valence-electron chi connectivity index (χ4n) is 2.14. The average Bonchev–Trinajstić information content (AvgIpc) is 2.65. The number of imide groups is 2. The van der Waals surface area contributed by atoms with Crippen molar-refractivity contribution in [2.24, 2.45) is 0 Å². The summed E-state index contributed by atoms with van der Waals surface area (Å²) in [7, 11) is 0.520. The Balaban J connectivity index is 3.98. The zero-order chi connectivity index (χ0) is 27.0. The minimum atomic E-state index is -6.23. The fraction of sp³-hybridized carbons (Fsp3) is 0.333. The van der Waals surface area contributed by atoms with Crippen LogP contribution in [0.5, 0.6) is 5.75 Å². The Morgan fingerprint density at radius 3 is 1.24 bits per heavy atom. The van der Waals surface area contributed by atoms with Crippen LogP contribution in [0.4, 0.5) is 64.1 Å². The van der Waals surface area contributed by atoms with Gasteiger partial charge in [-0.25, -0.2) is 9.80 Å². The zero-order valence-electron chi connectivity index (χ0n) is 15.7. The summed E-state index contributed by atoms with van der Waals surface area (Å²) in [6.07, 6.45) is -24.9. The average molecular weight is 522 g/mol. The third-order valence-corrected chi connectivity index (χ3v) is 3.44. The Morgan fingerprint density at radius 1 is 0.618 bits per heavy atom. The number of carbonyl (C=O) groups is 4. The van der Waals surface area contributed by atoms with Crippen molar-refractivity contribution < 1.29 is 76.6 Å². The molecule has 0 saturated heterocycles. The first kappa shape index (κ1) is 28.5. The second-order valence-corrected chi connectivity index (χ2v) is 5.74. The molecule has 0 atom stereocenters. The van der Waals surface area contributed by atoms with Crippen molar-refractivity contribution in [2.45, 2.75) is 24.7 Å². The van der Waals surface area contributed by atoms with Crippen LogP contribution in [0.3, 0.4) is 0 Å². The van der Waals surface area contributed by atoms with Gasteiger partial charge in [0.15, 0.2) is 0 Å². The largest absolute Gasteiger partial charge is 0.495 e. The molecular weight excluding hydrogens is 516 g/mol. The molecule has 0 heterocycles. The smallest absolute Gasteiger partial charge is 0.472 e. The van der Waals surface area contributed by atoms with E-state index in [1.165, 1.54) is 0 Å². The van der Waals surface area contributed by atoms with Crippen LogP contribution < -0.4 is 14.5 Å². The molecule has 7 nitrogen and oxygen atoms in total. The van der Waals surface area contributed by atoms with Crippen molar-refractivity contribution in [3.63, 3.8) is 0 Å². The van der Waals surface area contributed by atoms with E-state index in [2.05, 4.69) is 4.74 Å². The highest BCUT2D eigenvalue weighted by atomic mass is 19.4. The summed E-state index contributed by atoms with van der Waals surface area (Å²) < 4.78 is 158. The molecule has 0 aliphatic carbocycles. The molecule has 0 spiro atoms. The SMILES string of the molecule is COc1ccc(N(C(=O)C(F)(F)F)C(=O)C(F)(F)F)cc1N(C(=O)C(F)(F)F)C(=O)C(F)(F)F. The first-order chi connectivity index (χ1) is 15.0. The van der Waals surface area contributed by atoms with E-state index in [0.29, 0.717) is 7.11 Å². The van der Waals surface area contributed by atoms with Crippen LogP contribution in [-0.2, 0) is 19.2 Å². The van der Waals surface area contributed by atoms with E-state index >= 15 is 0 Å². The number of methoxy groups -OCH3 is 1. The molecule has 0 bridgehead atoms. The Morgan fingerprint density at radius 2 is 0.941 bits per heavy atom. The molecule has 4 amide bonds. The maximum Gasteiger partial charge on any atom is 0.472 e. The molecule has 190 valence electrons. The molecule has 0 radical (unpaired) electrons. The molecule has 1 aromatic rings. The molecule has 1 aromatic carbocycles. The lowest BCUT2D eigenvalue weighted by Gasteiger charge is -2.27. The van der Waals surface area contributed by atoms with Crippen molar-refractivity contribution in [3.8, 4) is 5.75 Å². The highest BCUT2D eigenvalue weighted by molar-refractivity contribution is 6.21. The topological polar surface area (TPSA) is 84.0 Å². The third-order valence-electron chi connectivity index (χ3n) is 3.44. The molecule has 0 fully saturated rings. The van der Waals surface area contributed by atoms with Crippen LogP contribution in [0.1, 0.15) is 0 Å². The maximum atomic E-state index is 12.8. The minimum Gasteiger partial charge on any atom is -0.495 e. The summed E-state index contributed by atoms with van der Waals surface area (Å²) in [5.41, 5.74) is -3.89. The first-order valence-corrected chi connectivity index (χ1v) is 7.78. The number of hydrogen-bond acceptors (Lipinski definition) is 5. The normalized spacial score (nSPS) is 12.7. The van der Waals surface area contributed by atoms with Crippen molar-refractivity contribution in [2.75, 3.05) is 16.9 Å². The Labute approximate surface area is 178 Å². The van der Waals surface area contributed by atoms with Gasteiger partial charge in [0.2, 0.25) is 0 Å². The van der Waals surface area contributed by atoms with E-state index in [0.717, 1.165) is 0 Å². The molecule has 0 N–H and O–H groups in total. The molecule has 0 aliphatic heterocycles. The van der Waals surface area contributed by atoms with Crippen LogP contribution >= 0.6 is 0 Å². The second kappa shape index (κ2) is 9.01. The number of ether oxygens (including phenoxy) is 1. The number of halogens is 12. The standard InChI is InChI=1S/C15H6F12N2O5/c1-34-7-3-2-5(28(8(30)12(16,17)18)9(31)13(19,20)21)4-6(7)29(10(32)14(22,23)24)11(33)15(25,26)27/h2-4H,1H3. The predicted octanol–water partition coefficient (Wildman–Crippen LogP) is 3.66. The van der Waals surface area contributed by atoms with Gasteiger partial charge < -0.3 is 4.74 Å². The molecule has 0 aliphatic rings. The lowest BCUT2D eigenvalue weighted by atomic mass is 10.2. The fourth-order valence-corrected chi connectivity index (χ4v) is 2.14. The molecule has 0 unspecified atom stereocenters. The van der Waals surface area contributed by atoms with Gasteiger partial charge in [0.1, 0.15) is 5.75 Å². The molecule has 0 aromatic heterocycles. The van der Waals surface area contributed by atoms with Crippen molar-refractivity contribution >= 4 is 35.0 Å². The molecule has 0 saturated carbocycles.